The zero-order valence-electron chi connectivity index (χ0n) is 15.7. The Morgan fingerprint density at radius 1 is 1.17 bits per heavy atom. The van der Waals surface area contributed by atoms with Crippen LogP contribution in [0.25, 0.3) is 17.1 Å². The maximum absolute atomic E-state index is 12.5. The molecular weight excluding hydrogens is 390 g/mol. The monoisotopic (exact) mass is 407 g/mol. The lowest BCUT2D eigenvalue weighted by molar-refractivity contribution is 0.102. The van der Waals surface area contributed by atoms with E-state index in [9.17, 15) is 4.79 Å². The SMILES string of the molecule is COc1ccc(-c2csc(NC(=O)c3ccc(-n4cccn4)nc3)n2)c(OC)c1. The van der Waals surface area contributed by atoms with Gasteiger partial charge in [0.1, 0.15) is 11.5 Å². The summed E-state index contributed by atoms with van der Waals surface area (Å²) in [5.41, 5.74) is 1.95. The number of anilines is 1. The van der Waals surface area contributed by atoms with Crippen LogP contribution in [0.4, 0.5) is 5.13 Å². The molecule has 9 heteroatoms. The number of rotatable bonds is 6. The number of ether oxygens (including phenoxy) is 2. The molecule has 4 aromatic rings. The molecule has 0 bridgehead atoms. The van der Waals surface area contributed by atoms with Crippen LogP contribution in [0.15, 0.2) is 60.4 Å². The fourth-order valence-corrected chi connectivity index (χ4v) is 3.40. The molecule has 0 fully saturated rings. The highest BCUT2D eigenvalue weighted by Crippen LogP contribution is 2.34. The zero-order chi connectivity index (χ0) is 20.2. The first-order chi connectivity index (χ1) is 14.2. The Hall–Kier alpha value is -3.72. The van der Waals surface area contributed by atoms with Crippen LogP contribution >= 0.6 is 11.3 Å². The van der Waals surface area contributed by atoms with Crippen molar-refractivity contribution in [2.45, 2.75) is 0 Å². The van der Waals surface area contributed by atoms with E-state index in [1.54, 1.807) is 55.6 Å². The maximum atomic E-state index is 12.5. The molecule has 0 unspecified atom stereocenters. The molecule has 0 spiro atoms. The highest BCUT2D eigenvalue weighted by molar-refractivity contribution is 7.14. The average Bonchev–Trinajstić information content (AvgIpc) is 3.46. The Labute approximate surface area is 170 Å². The number of thiazole rings is 1. The van der Waals surface area contributed by atoms with Gasteiger partial charge in [0.15, 0.2) is 10.9 Å². The van der Waals surface area contributed by atoms with Crippen LogP contribution in [0.3, 0.4) is 0 Å². The first-order valence-electron chi connectivity index (χ1n) is 8.63. The van der Waals surface area contributed by atoms with E-state index >= 15 is 0 Å². The van der Waals surface area contributed by atoms with E-state index in [-0.39, 0.29) is 5.91 Å². The Bertz CT molecular complexity index is 1120. The number of benzene rings is 1. The minimum Gasteiger partial charge on any atom is -0.497 e. The number of hydrogen-bond acceptors (Lipinski definition) is 7. The van der Waals surface area contributed by atoms with Gasteiger partial charge in [0.05, 0.1) is 25.5 Å². The van der Waals surface area contributed by atoms with Crippen molar-refractivity contribution in [2.24, 2.45) is 0 Å². The second kappa shape index (κ2) is 8.11. The van der Waals surface area contributed by atoms with Crippen LogP contribution in [-0.2, 0) is 0 Å². The molecule has 3 aromatic heterocycles. The van der Waals surface area contributed by atoms with Crippen molar-refractivity contribution in [1.82, 2.24) is 19.7 Å². The van der Waals surface area contributed by atoms with Crippen LogP contribution in [0.2, 0.25) is 0 Å². The van der Waals surface area contributed by atoms with Crippen LogP contribution < -0.4 is 14.8 Å². The van der Waals surface area contributed by atoms with E-state index < -0.39 is 0 Å². The number of amides is 1. The maximum Gasteiger partial charge on any atom is 0.259 e. The summed E-state index contributed by atoms with van der Waals surface area (Å²) in [7, 11) is 3.19. The number of nitrogens with zero attached hydrogens (tertiary/aromatic N) is 4. The third-order valence-corrected chi connectivity index (χ3v) is 4.92. The van der Waals surface area contributed by atoms with E-state index in [2.05, 4.69) is 20.4 Å². The second-order valence-electron chi connectivity index (χ2n) is 5.91. The lowest BCUT2D eigenvalue weighted by Crippen LogP contribution is -2.12. The van der Waals surface area contributed by atoms with Gasteiger partial charge in [0.25, 0.3) is 5.91 Å². The molecule has 146 valence electrons. The zero-order valence-corrected chi connectivity index (χ0v) is 16.5. The van der Waals surface area contributed by atoms with Crippen LogP contribution in [0.1, 0.15) is 10.4 Å². The van der Waals surface area contributed by atoms with Gasteiger partial charge in [0, 0.05) is 35.6 Å². The number of methoxy groups -OCH3 is 2. The predicted octanol–water partition coefficient (Wildman–Crippen LogP) is 3.66. The van der Waals surface area contributed by atoms with E-state index in [0.29, 0.717) is 33.7 Å². The third kappa shape index (κ3) is 3.94. The predicted molar refractivity (Wildman–Crippen MR) is 110 cm³/mol. The fraction of sp³-hybridized carbons (Fsp3) is 0.100. The fourth-order valence-electron chi connectivity index (χ4n) is 2.69. The van der Waals surface area contributed by atoms with E-state index in [1.165, 1.54) is 17.5 Å². The van der Waals surface area contributed by atoms with Gasteiger partial charge >= 0.3 is 0 Å². The summed E-state index contributed by atoms with van der Waals surface area (Å²) in [6.07, 6.45) is 4.96. The quantitative estimate of drug-likeness (QED) is 0.525. The lowest BCUT2D eigenvalue weighted by atomic mass is 10.1. The molecule has 0 radical (unpaired) electrons. The van der Waals surface area contributed by atoms with Crippen molar-refractivity contribution in [3.8, 4) is 28.6 Å². The number of pyridine rings is 1. The van der Waals surface area contributed by atoms with Crippen molar-refractivity contribution < 1.29 is 14.3 Å². The Morgan fingerprint density at radius 3 is 2.76 bits per heavy atom. The standard InChI is InChI=1S/C20H17N5O3S/c1-27-14-5-6-15(17(10-14)28-2)16-12-29-20(23-16)24-19(26)13-4-7-18(21-11-13)25-9-3-8-22-25/h3-12H,1-2H3,(H,23,24,26). The van der Waals surface area contributed by atoms with Gasteiger partial charge in [-0.3, -0.25) is 10.1 Å². The van der Waals surface area contributed by atoms with E-state index in [1.807, 2.05) is 17.5 Å². The molecule has 0 saturated heterocycles. The summed E-state index contributed by atoms with van der Waals surface area (Å²) in [6.45, 7) is 0. The van der Waals surface area contributed by atoms with Crippen LogP contribution in [-0.4, -0.2) is 39.9 Å². The molecular formula is C20H17N5O3S. The van der Waals surface area contributed by atoms with E-state index in [0.717, 1.165) is 5.56 Å². The Kier molecular flexibility index (Phi) is 5.21. The summed E-state index contributed by atoms with van der Waals surface area (Å²) in [4.78, 5) is 21.3. The number of hydrogen-bond donors (Lipinski definition) is 1. The van der Waals surface area contributed by atoms with Gasteiger partial charge in [-0.15, -0.1) is 11.3 Å². The van der Waals surface area contributed by atoms with Crippen molar-refractivity contribution in [1.29, 1.82) is 0 Å². The van der Waals surface area contributed by atoms with Crippen LogP contribution in [0, 0.1) is 0 Å². The topological polar surface area (TPSA) is 91.2 Å². The molecule has 1 N–H and O–H groups in total. The number of aromatic nitrogens is 4. The first-order valence-corrected chi connectivity index (χ1v) is 9.51. The molecule has 0 aliphatic heterocycles. The van der Waals surface area contributed by atoms with Gasteiger partial charge in [-0.25, -0.2) is 14.6 Å². The Morgan fingerprint density at radius 2 is 2.07 bits per heavy atom. The Balaban J connectivity index is 1.50. The van der Waals surface area contributed by atoms with Crippen molar-refractivity contribution >= 4 is 22.4 Å². The second-order valence-corrected chi connectivity index (χ2v) is 6.77. The summed E-state index contributed by atoms with van der Waals surface area (Å²) in [6, 6.07) is 10.7. The molecule has 29 heavy (non-hydrogen) atoms. The summed E-state index contributed by atoms with van der Waals surface area (Å²) >= 11 is 1.33. The average molecular weight is 407 g/mol. The summed E-state index contributed by atoms with van der Waals surface area (Å²) < 4.78 is 12.3. The molecule has 4 rings (SSSR count). The molecule has 0 aliphatic carbocycles. The molecule has 0 saturated carbocycles. The number of carbonyl (C=O) groups is 1. The van der Waals surface area contributed by atoms with Gasteiger partial charge in [-0.05, 0) is 30.3 Å². The third-order valence-electron chi connectivity index (χ3n) is 4.16. The largest absolute Gasteiger partial charge is 0.497 e. The molecule has 3 heterocycles. The molecule has 0 aliphatic rings. The van der Waals surface area contributed by atoms with Gasteiger partial charge in [0.2, 0.25) is 0 Å². The van der Waals surface area contributed by atoms with Gasteiger partial charge in [-0.1, -0.05) is 0 Å². The molecule has 1 amide bonds. The van der Waals surface area contributed by atoms with Gasteiger partial charge < -0.3 is 9.47 Å². The summed E-state index contributed by atoms with van der Waals surface area (Å²) in [5, 5.41) is 9.26. The molecule has 0 atom stereocenters. The molecule has 1 aromatic carbocycles. The number of carbonyl (C=O) groups excluding carboxylic acids is 1. The lowest BCUT2D eigenvalue weighted by Gasteiger charge is -2.08. The first kappa shape index (κ1) is 18.6. The minimum absolute atomic E-state index is 0.285. The normalized spacial score (nSPS) is 10.6. The highest BCUT2D eigenvalue weighted by atomic mass is 32.1. The minimum atomic E-state index is -0.285. The van der Waals surface area contributed by atoms with Crippen LogP contribution in [0.5, 0.6) is 11.5 Å². The molecule has 8 nitrogen and oxygen atoms in total. The van der Waals surface area contributed by atoms with Crippen molar-refractivity contribution in [2.75, 3.05) is 19.5 Å². The smallest absolute Gasteiger partial charge is 0.259 e. The van der Waals surface area contributed by atoms with E-state index in [4.69, 9.17) is 9.47 Å². The summed E-state index contributed by atoms with van der Waals surface area (Å²) in [5.74, 6) is 1.69. The van der Waals surface area contributed by atoms with Crippen molar-refractivity contribution in [3.05, 3.63) is 65.9 Å². The van der Waals surface area contributed by atoms with Gasteiger partial charge in [-0.2, -0.15) is 5.10 Å². The number of nitrogens with one attached hydrogen (secondary N) is 1. The highest BCUT2D eigenvalue weighted by Gasteiger charge is 2.14. The van der Waals surface area contributed by atoms with Crippen molar-refractivity contribution in [3.63, 3.8) is 0 Å².